The van der Waals surface area contributed by atoms with Crippen LogP contribution >= 0.6 is 24.0 Å². The van der Waals surface area contributed by atoms with E-state index in [9.17, 15) is 0 Å². The van der Waals surface area contributed by atoms with Crippen molar-refractivity contribution in [1.82, 2.24) is 10.6 Å². The topological polar surface area (TPSA) is 64.1 Å². The molecule has 0 aliphatic carbocycles. The van der Waals surface area contributed by atoms with E-state index >= 15 is 0 Å². The highest BCUT2D eigenvalue weighted by Crippen LogP contribution is 2.15. The average molecular weight is 539 g/mol. The quantitative estimate of drug-likeness (QED) is 0.196. The Kier molecular flexibility index (Phi) is 12.3. The lowest BCUT2D eigenvalue weighted by atomic mass is 10.1. The molecule has 31 heavy (non-hydrogen) atoms. The molecule has 2 aromatic carbocycles. The summed E-state index contributed by atoms with van der Waals surface area (Å²) < 4.78 is 17.0. The number of guanidine groups is 1. The molecule has 1 saturated heterocycles. The summed E-state index contributed by atoms with van der Waals surface area (Å²) in [5.74, 6) is 2.22. The number of nitrogens with one attached hydrogen (secondary N) is 2. The average Bonchev–Trinajstić information content (AvgIpc) is 3.31. The molecule has 0 aromatic heterocycles. The van der Waals surface area contributed by atoms with E-state index in [1.165, 1.54) is 0 Å². The molecule has 2 N–H and O–H groups in total. The van der Waals surface area contributed by atoms with Gasteiger partial charge in [-0.2, -0.15) is 0 Å². The zero-order valence-corrected chi connectivity index (χ0v) is 20.5. The van der Waals surface area contributed by atoms with Crippen molar-refractivity contribution in [1.29, 1.82) is 0 Å². The van der Waals surface area contributed by atoms with E-state index < -0.39 is 0 Å². The van der Waals surface area contributed by atoms with Crippen molar-refractivity contribution in [2.45, 2.75) is 26.0 Å². The van der Waals surface area contributed by atoms with Crippen LogP contribution in [0.3, 0.4) is 0 Å². The zero-order chi connectivity index (χ0) is 20.9. The summed E-state index contributed by atoms with van der Waals surface area (Å²) in [5, 5.41) is 6.68. The van der Waals surface area contributed by atoms with E-state index in [4.69, 9.17) is 14.2 Å². The van der Waals surface area contributed by atoms with Crippen molar-refractivity contribution in [3.05, 3.63) is 65.7 Å². The second-order valence-electron chi connectivity index (χ2n) is 7.43. The molecule has 0 spiro atoms. The second kappa shape index (κ2) is 15.0. The zero-order valence-electron chi connectivity index (χ0n) is 18.2. The fourth-order valence-electron chi connectivity index (χ4n) is 3.24. The monoisotopic (exact) mass is 539 g/mol. The van der Waals surface area contributed by atoms with Crippen LogP contribution in [0.15, 0.2) is 59.6 Å². The Balaban J connectivity index is 0.00000341. The van der Waals surface area contributed by atoms with Gasteiger partial charge in [0.2, 0.25) is 0 Å². The van der Waals surface area contributed by atoms with Crippen molar-refractivity contribution >= 4 is 29.9 Å². The number of halogens is 1. The molecule has 0 saturated carbocycles. The van der Waals surface area contributed by atoms with E-state index in [-0.39, 0.29) is 24.0 Å². The molecule has 1 aliphatic heterocycles. The number of hydrogen-bond acceptors (Lipinski definition) is 4. The van der Waals surface area contributed by atoms with Crippen LogP contribution in [0, 0.1) is 5.92 Å². The van der Waals surface area contributed by atoms with Gasteiger partial charge in [-0.05, 0) is 36.1 Å². The molecule has 0 bridgehead atoms. The standard InChI is InChI=1S/C24H33N3O3.HI/c1-25-24(26-12-6-13-28-17-22-11-14-29-18-22)27-16-21-9-5-10-23(15-21)30-19-20-7-3-2-4-8-20;/h2-5,7-10,15,22H,6,11-14,16-19H2,1H3,(H2,25,26,27);1H. The number of ether oxygens (including phenoxy) is 3. The molecule has 1 aliphatic rings. The Bertz CT molecular complexity index is 768. The summed E-state index contributed by atoms with van der Waals surface area (Å²) in [4.78, 5) is 4.29. The molecular weight excluding hydrogens is 505 g/mol. The predicted molar refractivity (Wildman–Crippen MR) is 135 cm³/mol. The summed E-state index contributed by atoms with van der Waals surface area (Å²) >= 11 is 0. The number of hydrogen-bond donors (Lipinski definition) is 2. The number of aliphatic imine (C=N–C) groups is 1. The lowest BCUT2D eigenvalue weighted by Crippen LogP contribution is -2.37. The van der Waals surface area contributed by atoms with E-state index in [2.05, 4.69) is 39.9 Å². The first-order valence-corrected chi connectivity index (χ1v) is 10.7. The Morgan fingerprint density at radius 2 is 1.94 bits per heavy atom. The first-order valence-electron chi connectivity index (χ1n) is 10.7. The molecule has 6 nitrogen and oxygen atoms in total. The summed E-state index contributed by atoms with van der Waals surface area (Å²) in [5.41, 5.74) is 2.30. The van der Waals surface area contributed by atoms with E-state index in [0.717, 1.165) is 68.6 Å². The van der Waals surface area contributed by atoms with Crippen molar-refractivity contribution in [3.63, 3.8) is 0 Å². The third-order valence-corrected chi connectivity index (χ3v) is 4.97. The van der Waals surface area contributed by atoms with Gasteiger partial charge in [0.25, 0.3) is 0 Å². The largest absolute Gasteiger partial charge is 0.489 e. The summed E-state index contributed by atoms with van der Waals surface area (Å²) in [6.45, 7) is 5.34. The van der Waals surface area contributed by atoms with Crippen LogP contribution in [0.5, 0.6) is 5.75 Å². The molecule has 2 aromatic rings. The fraction of sp³-hybridized carbons (Fsp3) is 0.458. The van der Waals surface area contributed by atoms with Crippen LogP contribution < -0.4 is 15.4 Å². The second-order valence-corrected chi connectivity index (χ2v) is 7.43. The molecule has 170 valence electrons. The van der Waals surface area contributed by atoms with Crippen LogP contribution in [-0.4, -0.2) is 46.0 Å². The van der Waals surface area contributed by atoms with Gasteiger partial charge in [-0.25, -0.2) is 0 Å². The summed E-state index contributed by atoms with van der Waals surface area (Å²) in [7, 11) is 1.78. The van der Waals surface area contributed by atoms with E-state index in [1.807, 2.05) is 30.3 Å². The van der Waals surface area contributed by atoms with Crippen molar-refractivity contribution < 1.29 is 14.2 Å². The third-order valence-electron chi connectivity index (χ3n) is 4.97. The SMILES string of the molecule is CN=C(NCCCOCC1CCOC1)NCc1cccc(OCc2ccccc2)c1.I. The van der Waals surface area contributed by atoms with Gasteiger partial charge < -0.3 is 24.8 Å². The van der Waals surface area contributed by atoms with Crippen molar-refractivity contribution in [3.8, 4) is 5.75 Å². The Labute approximate surface area is 202 Å². The van der Waals surface area contributed by atoms with Crippen LogP contribution in [0.1, 0.15) is 24.0 Å². The van der Waals surface area contributed by atoms with Crippen LogP contribution in [0.4, 0.5) is 0 Å². The van der Waals surface area contributed by atoms with Gasteiger partial charge in [0.1, 0.15) is 12.4 Å². The highest BCUT2D eigenvalue weighted by molar-refractivity contribution is 14.0. The Morgan fingerprint density at radius 3 is 2.71 bits per heavy atom. The normalized spacial score (nSPS) is 15.9. The van der Waals surface area contributed by atoms with Gasteiger partial charge >= 0.3 is 0 Å². The van der Waals surface area contributed by atoms with Gasteiger partial charge in [0.15, 0.2) is 5.96 Å². The Hall–Kier alpha value is -1.84. The molecule has 1 fully saturated rings. The summed E-state index contributed by atoms with van der Waals surface area (Å²) in [6.07, 6.45) is 2.06. The maximum Gasteiger partial charge on any atom is 0.191 e. The minimum Gasteiger partial charge on any atom is -0.489 e. The number of nitrogens with zero attached hydrogens (tertiary/aromatic N) is 1. The predicted octanol–water partition coefficient (Wildman–Crippen LogP) is 3.99. The highest BCUT2D eigenvalue weighted by atomic mass is 127. The first-order chi connectivity index (χ1) is 14.8. The molecule has 7 heteroatoms. The van der Waals surface area contributed by atoms with Gasteiger partial charge in [0.05, 0.1) is 13.2 Å². The lowest BCUT2D eigenvalue weighted by molar-refractivity contribution is 0.0888. The number of rotatable bonds is 11. The fourth-order valence-corrected chi connectivity index (χ4v) is 3.24. The van der Waals surface area contributed by atoms with Crippen molar-refractivity contribution in [2.75, 3.05) is 40.0 Å². The molecule has 1 atom stereocenters. The van der Waals surface area contributed by atoms with Gasteiger partial charge in [0, 0.05) is 39.3 Å². The van der Waals surface area contributed by atoms with E-state index in [1.54, 1.807) is 7.05 Å². The molecule has 1 unspecified atom stereocenters. The summed E-state index contributed by atoms with van der Waals surface area (Å²) in [6, 6.07) is 18.3. The third kappa shape index (κ3) is 9.88. The van der Waals surface area contributed by atoms with Gasteiger partial charge in [-0.1, -0.05) is 42.5 Å². The maximum absolute atomic E-state index is 5.91. The van der Waals surface area contributed by atoms with Gasteiger partial charge in [-0.15, -0.1) is 24.0 Å². The lowest BCUT2D eigenvalue weighted by Gasteiger charge is -2.13. The minimum atomic E-state index is 0. The molecule has 0 radical (unpaired) electrons. The molecule has 3 rings (SSSR count). The molecule has 0 amide bonds. The van der Waals surface area contributed by atoms with Crippen LogP contribution in [-0.2, 0) is 22.6 Å². The number of benzene rings is 2. The van der Waals surface area contributed by atoms with Crippen LogP contribution in [0.25, 0.3) is 0 Å². The van der Waals surface area contributed by atoms with E-state index in [0.29, 0.717) is 19.1 Å². The van der Waals surface area contributed by atoms with Gasteiger partial charge in [-0.3, -0.25) is 4.99 Å². The first kappa shape index (κ1) is 25.4. The van der Waals surface area contributed by atoms with Crippen molar-refractivity contribution in [2.24, 2.45) is 10.9 Å². The maximum atomic E-state index is 5.91. The highest BCUT2D eigenvalue weighted by Gasteiger charge is 2.15. The Morgan fingerprint density at radius 1 is 1.10 bits per heavy atom. The minimum absolute atomic E-state index is 0. The molecule has 1 heterocycles. The molecular formula is C24H34IN3O3. The smallest absolute Gasteiger partial charge is 0.191 e. The van der Waals surface area contributed by atoms with Crippen LogP contribution in [0.2, 0.25) is 0 Å².